The van der Waals surface area contributed by atoms with Crippen molar-refractivity contribution in [1.29, 1.82) is 0 Å². The molecule has 122 valence electrons. The summed E-state index contributed by atoms with van der Waals surface area (Å²) in [6.45, 7) is 4.67. The van der Waals surface area contributed by atoms with Crippen molar-refractivity contribution in [3.8, 4) is 0 Å². The van der Waals surface area contributed by atoms with Crippen LogP contribution in [-0.4, -0.2) is 12.1 Å². The van der Waals surface area contributed by atoms with Gasteiger partial charge in [-0.05, 0) is 67.1 Å². The lowest BCUT2D eigenvalue weighted by atomic mass is 9.44. The molecule has 4 fully saturated rings. The smallest absolute Gasteiger partial charge is 0.137 e. The van der Waals surface area contributed by atoms with Gasteiger partial charge in [-0.15, -0.1) is 0 Å². The Kier molecular flexibility index (Phi) is 3.33. The normalized spacial score (nSPS) is 54.3. The van der Waals surface area contributed by atoms with Gasteiger partial charge in [-0.25, -0.2) is 0 Å². The van der Waals surface area contributed by atoms with Crippen molar-refractivity contribution in [2.24, 2.45) is 40.4 Å². The summed E-state index contributed by atoms with van der Waals surface area (Å²) >= 11 is 0. The molecule has 2 nitrogen and oxygen atoms in total. The van der Waals surface area contributed by atoms with Crippen LogP contribution in [0.2, 0.25) is 0 Å². The highest BCUT2D eigenvalue weighted by Crippen LogP contribution is 2.66. The molecule has 4 aliphatic rings. The van der Waals surface area contributed by atoms with E-state index < -0.39 is 0 Å². The van der Waals surface area contributed by atoms with E-state index in [1.54, 1.807) is 0 Å². The maximum absolute atomic E-state index is 13.2. The summed E-state index contributed by atoms with van der Waals surface area (Å²) in [5.41, 5.74) is 0.233. The molecule has 22 heavy (non-hydrogen) atoms. The van der Waals surface area contributed by atoms with E-state index in [1.807, 2.05) is 0 Å². The van der Waals surface area contributed by atoms with Crippen molar-refractivity contribution in [2.45, 2.75) is 71.6 Å². The molecule has 0 aromatic heterocycles. The molecule has 0 radical (unpaired) electrons. The van der Waals surface area contributed by atoms with Crippen molar-refractivity contribution >= 4 is 12.1 Å². The Hall–Kier alpha value is -0.660. The van der Waals surface area contributed by atoms with Crippen LogP contribution in [0.1, 0.15) is 71.6 Å². The highest BCUT2D eigenvalue weighted by molar-refractivity contribution is 5.85. The third-order valence-electron chi connectivity index (χ3n) is 8.50. The largest absolute Gasteiger partial charge is 0.303 e. The van der Waals surface area contributed by atoms with Gasteiger partial charge in [-0.3, -0.25) is 4.79 Å². The van der Waals surface area contributed by atoms with Crippen molar-refractivity contribution in [3.05, 3.63) is 0 Å². The first-order valence-electron chi connectivity index (χ1n) is 9.49. The van der Waals surface area contributed by atoms with Crippen LogP contribution in [-0.2, 0) is 9.59 Å². The van der Waals surface area contributed by atoms with Gasteiger partial charge in [0.15, 0.2) is 0 Å². The predicted molar refractivity (Wildman–Crippen MR) is 86.3 cm³/mol. The van der Waals surface area contributed by atoms with Gasteiger partial charge in [0.05, 0.1) is 0 Å². The Morgan fingerprint density at radius 2 is 1.82 bits per heavy atom. The SMILES string of the molecule is CC12CC(=O)C3C(CCC4CCCCC43C)C1CCC2C=O. The molecule has 7 unspecified atom stereocenters. The molecule has 4 rings (SSSR count). The molecule has 0 amide bonds. The van der Waals surface area contributed by atoms with E-state index >= 15 is 0 Å². The maximum atomic E-state index is 13.2. The third-order valence-corrected chi connectivity index (χ3v) is 8.50. The molecule has 0 saturated heterocycles. The van der Waals surface area contributed by atoms with Crippen molar-refractivity contribution in [1.82, 2.24) is 0 Å². The van der Waals surface area contributed by atoms with Crippen LogP contribution in [0.3, 0.4) is 0 Å². The van der Waals surface area contributed by atoms with Crippen LogP contribution < -0.4 is 0 Å². The predicted octanol–water partition coefficient (Wildman–Crippen LogP) is 4.41. The molecule has 0 aromatic rings. The lowest BCUT2D eigenvalue weighted by Gasteiger charge is -2.59. The zero-order valence-corrected chi connectivity index (χ0v) is 14.1. The van der Waals surface area contributed by atoms with E-state index in [9.17, 15) is 9.59 Å². The molecular formula is C20H30O2. The molecule has 0 bridgehead atoms. The standard InChI is InChI=1S/C20H30O2/c1-19-10-4-3-5-13(19)6-8-15-16-9-7-14(12-21)20(16,2)11-17(22)18(15)19/h12-16,18H,3-11H2,1-2H3. The number of carbonyl (C=O) groups is 2. The molecule has 0 aromatic carbocycles. The number of aldehydes is 1. The molecule has 4 saturated carbocycles. The molecular weight excluding hydrogens is 272 g/mol. The fraction of sp³-hybridized carbons (Fsp3) is 0.900. The Labute approximate surface area is 134 Å². The van der Waals surface area contributed by atoms with E-state index in [1.165, 1.54) is 44.9 Å². The molecule has 0 N–H and O–H groups in total. The van der Waals surface area contributed by atoms with Crippen LogP contribution in [0.15, 0.2) is 0 Å². The van der Waals surface area contributed by atoms with Gasteiger partial charge in [0.2, 0.25) is 0 Å². The van der Waals surface area contributed by atoms with Crippen molar-refractivity contribution in [2.75, 3.05) is 0 Å². The molecule has 0 heterocycles. The van der Waals surface area contributed by atoms with E-state index in [2.05, 4.69) is 13.8 Å². The first-order valence-corrected chi connectivity index (χ1v) is 9.49. The van der Waals surface area contributed by atoms with Crippen molar-refractivity contribution < 1.29 is 9.59 Å². The summed E-state index contributed by atoms with van der Waals surface area (Å²) in [6.07, 6.45) is 11.8. The van der Waals surface area contributed by atoms with Gasteiger partial charge >= 0.3 is 0 Å². The van der Waals surface area contributed by atoms with Gasteiger partial charge in [0.25, 0.3) is 0 Å². The van der Waals surface area contributed by atoms with Crippen molar-refractivity contribution in [3.63, 3.8) is 0 Å². The lowest BCUT2D eigenvalue weighted by Crippen LogP contribution is -2.56. The molecule has 0 aliphatic heterocycles. The first-order chi connectivity index (χ1) is 10.5. The number of ketones is 1. The highest BCUT2D eigenvalue weighted by Gasteiger charge is 2.62. The van der Waals surface area contributed by atoms with E-state index in [0.29, 0.717) is 30.0 Å². The fourth-order valence-electron chi connectivity index (χ4n) is 7.37. The minimum Gasteiger partial charge on any atom is -0.303 e. The summed E-state index contributed by atoms with van der Waals surface area (Å²) in [7, 11) is 0. The number of rotatable bonds is 1. The zero-order valence-electron chi connectivity index (χ0n) is 14.1. The average Bonchev–Trinajstić information content (AvgIpc) is 2.82. The molecule has 4 aliphatic carbocycles. The monoisotopic (exact) mass is 302 g/mol. The van der Waals surface area contributed by atoms with Gasteiger partial charge in [0, 0.05) is 18.3 Å². The second-order valence-electron chi connectivity index (χ2n) is 9.24. The summed E-state index contributed by atoms with van der Waals surface area (Å²) in [4.78, 5) is 24.7. The topological polar surface area (TPSA) is 34.1 Å². The summed E-state index contributed by atoms with van der Waals surface area (Å²) in [5.74, 6) is 2.89. The summed E-state index contributed by atoms with van der Waals surface area (Å²) < 4.78 is 0. The van der Waals surface area contributed by atoms with E-state index in [0.717, 1.165) is 18.6 Å². The zero-order chi connectivity index (χ0) is 15.5. The Morgan fingerprint density at radius 1 is 1.00 bits per heavy atom. The molecule has 7 atom stereocenters. The lowest BCUT2D eigenvalue weighted by molar-refractivity contribution is -0.157. The van der Waals surface area contributed by atoms with Crippen LogP contribution >= 0.6 is 0 Å². The third kappa shape index (κ3) is 1.79. The molecule has 2 heteroatoms. The highest BCUT2D eigenvalue weighted by atomic mass is 16.1. The molecule has 0 spiro atoms. The summed E-state index contributed by atoms with van der Waals surface area (Å²) in [6, 6.07) is 0. The number of Topliss-reactive ketones (excluding diaryl/α,β-unsaturated/α-hetero) is 1. The van der Waals surface area contributed by atoms with Gasteiger partial charge in [-0.2, -0.15) is 0 Å². The fourth-order valence-corrected chi connectivity index (χ4v) is 7.37. The second kappa shape index (κ2) is 4.92. The first kappa shape index (κ1) is 14.9. The minimum absolute atomic E-state index is 0.0299. The van der Waals surface area contributed by atoms with Gasteiger partial charge in [0.1, 0.15) is 12.1 Å². The van der Waals surface area contributed by atoms with Crippen LogP contribution in [0.25, 0.3) is 0 Å². The van der Waals surface area contributed by atoms with Crippen LogP contribution in [0, 0.1) is 40.4 Å². The van der Waals surface area contributed by atoms with Crippen LogP contribution in [0.4, 0.5) is 0 Å². The number of fused-ring (bicyclic) bond motifs is 5. The Morgan fingerprint density at radius 3 is 2.59 bits per heavy atom. The summed E-state index contributed by atoms with van der Waals surface area (Å²) in [5, 5.41) is 0. The van der Waals surface area contributed by atoms with Gasteiger partial charge < -0.3 is 4.79 Å². The van der Waals surface area contributed by atoms with Gasteiger partial charge in [-0.1, -0.05) is 26.7 Å². The number of carbonyl (C=O) groups excluding carboxylic acids is 2. The maximum Gasteiger partial charge on any atom is 0.137 e. The number of hydrogen-bond donors (Lipinski definition) is 0. The minimum atomic E-state index is -0.0299. The Balaban J connectivity index is 1.71. The van der Waals surface area contributed by atoms with E-state index in [-0.39, 0.29) is 16.7 Å². The number of hydrogen-bond acceptors (Lipinski definition) is 2. The Bertz CT molecular complexity index is 498. The average molecular weight is 302 g/mol. The van der Waals surface area contributed by atoms with E-state index in [4.69, 9.17) is 0 Å². The second-order valence-corrected chi connectivity index (χ2v) is 9.24. The quantitative estimate of drug-likeness (QED) is 0.672. The van der Waals surface area contributed by atoms with Crippen LogP contribution in [0.5, 0.6) is 0 Å².